The Bertz CT molecular complexity index is 394. The van der Waals surface area contributed by atoms with Gasteiger partial charge in [0, 0.05) is 6.54 Å². The fraction of sp³-hybridized carbons (Fsp3) is 0.571. The largest absolute Gasteiger partial charge is 0.508 e. The fourth-order valence-electron chi connectivity index (χ4n) is 3.18. The molecule has 1 fully saturated rings. The second kappa shape index (κ2) is 4.10. The minimum Gasteiger partial charge on any atom is -0.508 e. The summed E-state index contributed by atoms with van der Waals surface area (Å²) in [6.45, 7) is 2.25. The van der Waals surface area contributed by atoms with Crippen molar-refractivity contribution in [2.24, 2.45) is 0 Å². The number of benzene rings is 1. The van der Waals surface area contributed by atoms with Crippen LogP contribution in [0.3, 0.4) is 0 Å². The highest BCUT2D eigenvalue weighted by Gasteiger charge is 2.23. The average molecular weight is 217 g/mol. The van der Waals surface area contributed by atoms with Crippen LogP contribution >= 0.6 is 0 Å². The predicted octanol–water partition coefficient (Wildman–Crippen LogP) is 2.35. The minimum absolute atomic E-state index is 0.518. The van der Waals surface area contributed by atoms with Gasteiger partial charge in [-0.3, -0.25) is 0 Å². The Morgan fingerprint density at radius 1 is 1.12 bits per heavy atom. The smallest absolute Gasteiger partial charge is 0.119 e. The second-order valence-corrected chi connectivity index (χ2v) is 5.03. The van der Waals surface area contributed by atoms with E-state index >= 15 is 0 Å². The molecule has 1 atom stereocenters. The monoisotopic (exact) mass is 217 g/mol. The number of hydrogen-bond acceptors (Lipinski definition) is 2. The molecule has 0 bridgehead atoms. The van der Waals surface area contributed by atoms with Crippen molar-refractivity contribution in [3.63, 3.8) is 0 Å². The standard InChI is InChI=1S/C14H19NO/c16-14-6-5-11(10-7-8-15-9-10)12-3-1-2-4-13(12)14/h5-6,10,15-16H,1-4,7-9H2. The first-order valence-electron chi connectivity index (χ1n) is 6.40. The summed E-state index contributed by atoms with van der Waals surface area (Å²) < 4.78 is 0. The molecule has 1 unspecified atom stereocenters. The maximum Gasteiger partial charge on any atom is 0.119 e. The number of aromatic hydroxyl groups is 1. The minimum atomic E-state index is 0.518. The van der Waals surface area contributed by atoms with Crippen LogP contribution in [0.2, 0.25) is 0 Å². The van der Waals surface area contributed by atoms with E-state index in [1.165, 1.54) is 36.0 Å². The maximum atomic E-state index is 9.91. The molecule has 3 rings (SSSR count). The molecule has 1 aromatic rings. The summed E-state index contributed by atoms with van der Waals surface area (Å²) >= 11 is 0. The van der Waals surface area contributed by atoms with Gasteiger partial charge in [0.15, 0.2) is 0 Å². The number of nitrogens with one attached hydrogen (secondary N) is 1. The third-order valence-electron chi connectivity index (χ3n) is 4.05. The first kappa shape index (κ1) is 10.2. The summed E-state index contributed by atoms with van der Waals surface area (Å²) in [4.78, 5) is 0. The van der Waals surface area contributed by atoms with Crippen LogP contribution in [0.15, 0.2) is 12.1 Å². The number of rotatable bonds is 1. The molecule has 2 aliphatic rings. The van der Waals surface area contributed by atoms with E-state index in [0.717, 1.165) is 25.9 Å². The molecule has 1 aromatic carbocycles. The van der Waals surface area contributed by atoms with Crippen LogP contribution in [0, 0.1) is 0 Å². The van der Waals surface area contributed by atoms with E-state index in [1.807, 2.05) is 6.07 Å². The van der Waals surface area contributed by atoms with Crippen molar-refractivity contribution >= 4 is 0 Å². The lowest BCUT2D eigenvalue weighted by molar-refractivity contribution is 0.460. The summed E-state index contributed by atoms with van der Waals surface area (Å²) in [5.41, 5.74) is 4.19. The number of phenolic OH excluding ortho intramolecular Hbond substituents is 1. The molecule has 0 radical (unpaired) electrons. The summed E-state index contributed by atoms with van der Waals surface area (Å²) in [6, 6.07) is 4.05. The number of hydrogen-bond donors (Lipinski definition) is 2. The quantitative estimate of drug-likeness (QED) is 0.757. The molecule has 0 saturated carbocycles. The van der Waals surface area contributed by atoms with E-state index < -0.39 is 0 Å². The average Bonchev–Trinajstić information content (AvgIpc) is 2.83. The molecule has 1 heterocycles. The second-order valence-electron chi connectivity index (χ2n) is 5.03. The van der Waals surface area contributed by atoms with Gasteiger partial charge in [-0.2, -0.15) is 0 Å². The lowest BCUT2D eigenvalue weighted by Crippen LogP contribution is -2.12. The summed E-state index contributed by atoms with van der Waals surface area (Å²) in [6.07, 6.45) is 5.98. The zero-order valence-electron chi connectivity index (χ0n) is 9.63. The van der Waals surface area contributed by atoms with Gasteiger partial charge in [-0.1, -0.05) is 6.07 Å². The Kier molecular flexibility index (Phi) is 2.60. The summed E-state index contributed by atoms with van der Waals surface area (Å²) in [7, 11) is 0. The first-order valence-corrected chi connectivity index (χ1v) is 6.40. The molecule has 1 aliphatic carbocycles. The van der Waals surface area contributed by atoms with Crippen LogP contribution in [0.5, 0.6) is 5.75 Å². The van der Waals surface area contributed by atoms with Crippen LogP contribution in [-0.4, -0.2) is 18.2 Å². The fourth-order valence-corrected chi connectivity index (χ4v) is 3.18. The van der Waals surface area contributed by atoms with Crippen molar-refractivity contribution in [3.05, 3.63) is 28.8 Å². The lowest BCUT2D eigenvalue weighted by atomic mass is 9.83. The lowest BCUT2D eigenvalue weighted by Gasteiger charge is -2.23. The van der Waals surface area contributed by atoms with Crippen molar-refractivity contribution in [1.29, 1.82) is 0 Å². The molecule has 0 spiro atoms. The molecule has 2 N–H and O–H groups in total. The first-order chi connectivity index (χ1) is 7.86. The van der Waals surface area contributed by atoms with Gasteiger partial charge in [-0.25, -0.2) is 0 Å². The van der Waals surface area contributed by atoms with E-state index in [-0.39, 0.29) is 0 Å². The third kappa shape index (κ3) is 1.61. The maximum absolute atomic E-state index is 9.91. The molecular weight excluding hydrogens is 198 g/mol. The number of phenols is 1. The third-order valence-corrected chi connectivity index (χ3v) is 4.05. The van der Waals surface area contributed by atoms with Gasteiger partial charge in [0.05, 0.1) is 0 Å². The van der Waals surface area contributed by atoms with Crippen LogP contribution in [0.25, 0.3) is 0 Å². The zero-order chi connectivity index (χ0) is 11.0. The van der Waals surface area contributed by atoms with E-state index in [1.54, 1.807) is 0 Å². The Morgan fingerprint density at radius 2 is 1.94 bits per heavy atom. The van der Waals surface area contributed by atoms with Gasteiger partial charge < -0.3 is 10.4 Å². The van der Waals surface area contributed by atoms with Crippen LogP contribution in [-0.2, 0) is 12.8 Å². The van der Waals surface area contributed by atoms with E-state index in [9.17, 15) is 5.11 Å². The topological polar surface area (TPSA) is 32.3 Å². The van der Waals surface area contributed by atoms with Crippen molar-refractivity contribution in [2.75, 3.05) is 13.1 Å². The number of fused-ring (bicyclic) bond motifs is 1. The van der Waals surface area contributed by atoms with Gasteiger partial charge in [-0.05, 0) is 67.3 Å². The van der Waals surface area contributed by atoms with Gasteiger partial charge >= 0.3 is 0 Å². The van der Waals surface area contributed by atoms with Crippen molar-refractivity contribution in [1.82, 2.24) is 5.32 Å². The van der Waals surface area contributed by atoms with Gasteiger partial charge in [0.2, 0.25) is 0 Å². The van der Waals surface area contributed by atoms with Gasteiger partial charge in [0.25, 0.3) is 0 Å². The van der Waals surface area contributed by atoms with Crippen LogP contribution in [0.1, 0.15) is 41.9 Å². The predicted molar refractivity (Wildman–Crippen MR) is 65.0 cm³/mol. The molecule has 0 amide bonds. The molecule has 86 valence electrons. The van der Waals surface area contributed by atoms with Crippen molar-refractivity contribution in [2.45, 2.75) is 38.0 Å². The molecule has 1 saturated heterocycles. The van der Waals surface area contributed by atoms with Crippen molar-refractivity contribution < 1.29 is 5.11 Å². The van der Waals surface area contributed by atoms with E-state index in [2.05, 4.69) is 11.4 Å². The highest BCUT2D eigenvalue weighted by molar-refractivity contribution is 5.47. The Balaban J connectivity index is 2.04. The van der Waals surface area contributed by atoms with Crippen LogP contribution in [0.4, 0.5) is 0 Å². The highest BCUT2D eigenvalue weighted by Crippen LogP contribution is 2.36. The Labute approximate surface area is 96.7 Å². The van der Waals surface area contributed by atoms with Gasteiger partial charge in [0.1, 0.15) is 5.75 Å². The SMILES string of the molecule is Oc1ccc(C2CCNC2)c2c1CCCC2. The van der Waals surface area contributed by atoms with E-state index in [4.69, 9.17) is 0 Å². The Morgan fingerprint density at radius 3 is 2.69 bits per heavy atom. The van der Waals surface area contributed by atoms with Gasteiger partial charge in [-0.15, -0.1) is 0 Å². The molecule has 16 heavy (non-hydrogen) atoms. The molecule has 2 nitrogen and oxygen atoms in total. The normalized spacial score (nSPS) is 24.4. The Hall–Kier alpha value is -1.02. The molecule has 0 aromatic heterocycles. The summed E-state index contributed by atoms with van der Waals surface area (Å²) in [5.74, 6) is 1.19. The van der Waals surface area contributed by atoms with Crippen LogP contribution < -0.4 is 5.32 Å². The highest BCUT2D eigenvalue weighted by atomic mass is 16.3. The molecule has 2 heteroatoms. The van der Waals surface area contributed by atoms with Crippen molar-refractivity contribution in [3.8, 4) is 5.75 Å². The molecular formula is C14H19NO. The zero-order valence-corrected chi connectivity index (χ0v) is 9.63. The molecule has 1 aliphatic heterocycles. The summed E-state index contributed by atoms with van der Waals surface area (Å²) in [5, 5.41) is 13.3. The van der Waals surface area contributed by atoms with E-state index in [0.29, 0.717) is 11.7 Å².